The molecular formula is C18H19ClF2N2O3. The molecule has 1 atom stereocenters. The van der Waals surface area contributed by atoms with E-state index < -0.39 is 30.1 Å². The van der Waals surface area contributed by atoms with Crippen molar-refractivity contribution in [2.24, 2.45) is 0 Å². The van der Waals surface area contributed by atoms with Crippen LogP contribution in [0.2, 0.25) is 5.02 Å². The molecule has 0 saturated carbocycles. The molecule has 5 nitrogen and oxygen atoms in total. The smallest absolute Gasteiger partial charge is 0.307 e. The number of hydrogen-bond acceptors (Lipinski definition) is 4. The molecule has 2 aromatic rings. The van der Waals surface area contributed by atoms with Crippen LogP contribution in [0.1, 0.15) is 17.2 Å². The van der Waals surface area contributed by atoms with E-state index in [1.807, 2.05) is 0 Å². The van der Waals surface area contributed by atoms with Gasteiger partial charge >= 0.3 is 5.97 Å². The van der Waals surface area contributed by atoms with Crippen LogP contribution in [0.5, 0.6) is 0 Å². The van der Waals surface area contributed by atoms with Crippen molar-refractivity contribution in [3.8, 4) is 0 Å². The fourth-order valence-corrected chi connectivity index (χ4v) is 2.58. The molecule has 0 radical (unpaired) electrons. The van der Waals surface area contributed by atoms with E-state index in [4.69, 9.17) is 16.7 Å². The summed E-state index contributed by atoms with van der Waals surface area (Å²) in [4.78, 5) is 10.6. The molecule has 0 unspecified atom stereocenters. The van der Waals surface area contributed by atoms with Gasteiger partial charge in [-0.1, -0.05) is 29.8 Å². The van der Waals surface area contributed by atoms with Crippen molar-refractivity contribution in [2.75, 3.05) is 25.0 Å². The number of nitrogens with one attached hydrogen (secondary N) is 2. The quantitative estimate of drug-likeness (QED) is 0.500. The first kappa shape index (κ1) is 20.1. The second kappa shape index (κ2) is 9.47. The predicted octanol–water partition coefficient (Wildman–Crippen LogP) is 2.98. The molecule has 0 spiro atoms. The minimum Gasteiger partial charge on any atom is -0.481 e. The maximum atomic E-state index is 13.9. The lowest BCUT2D eigenvalue weighted by atomic mass is 10.1. The number of carboxylic acids is 1. The molecule has 2 aromatic carbocycles. The lowest BCUT2D eigenvalue weighted by molar-refractivity contribution is -0.136. The number of aliphatic hydroxyl groups is 1. The highest BCUT2D eigenvalue weighted by molar-refractivity contribution is 6.30. The molecule has 4 N–H and O–H groups in total. The zero-order valence-electron chi connectivity index (χ0n) is 13.8. The molecule has 0 heterocycles. The van der Waals surface area contributed by atoms with Crippen LogP contribution in [0.3, 0.4) is 0 Å². The largest absolute Gasteiger partial charge is 0.481 e. The standard InChI is InChI=1S/C18H19ClF2N2O3/c19-13-3-1-2-11(8-13)15(24)10-22-6-7-23-14-5-4-12(9-16(25)26)17(20)18(14)21/h1-5,8,15,22-24H,6-7,9-10H2,(H,25,26)/t15-/m0/s1. The Kier molecular flexibility index (Phi) is 7.32. The van der Waals surface area contributed by atoms with E-state index in [1.165, 1.54) is 12.1 Å². The Bertz CT molecular complexity index is 774. The van der Waals surface area contributed by atoms with E-state index in [-0.39, 0.29) is 24.3 Å². The van der Waals surface area contributed by atoms with Gasteiger partial charge in [-0.05, 0) is 23.8 Å². The van der Waals surface area contributed by atoms with E-state index in [0.717, 1.165) is 0 Å². The summed E-state index contributed by atoms with van der Waals surface area (Å²) < 4.78 is 27.7. The molecule has 0 saturated heterocycles. The van der Waals surface area contributed by atoms with Gasteiger partial charge in [-0.25, -0.2) is 8.78 Å². The lowest BCUT2D eigenvalue weighted by Gasteiger charge is -2.14. The predicted molar refractivity (Wildman–Crippen MR) is 95.5 cm³/mol. The Morgan fingerprint density at radius 2 is 1.92 bits per heavy atom. The van der Waals surface area contributed by atoms with Crippen LogP contribution < -0.4 is 10.6 Å². The van der Waals surface area contributed by atoms with Crippen molar-refractivity contribution in [1.29, 1.82) is 0 Å². The van der Waals surface area contributed by atoms with Crippen LogP contribution in [0.15, 0.2) is 36.4 Å². The number of aliphatic hydroxyl groups excluding tert-OH is 1. The van der Waals surface area contributed by atoms with E-state index in [1.54, 1.807) is 24.3 Å². The zero-order valence-corrected chi connectivity index (χ0v) is 14.6. The Morgan fingerprint density at radius 1 is 1.15 bits per heavy atom. The summed E-state index contributed by atoms with van der Waals surface area (Å²) in [7, 11) is 0. The fourth-order valence-electron chi connectivity index (χ4n) is 2.38. The zero-order chi connectivity index (χ0) is 19.1. The second-order valence-electron chi connectivity index (χ2n) is 5.67. The second-order valence-corrected chi connectivity index (χ2v) is 6.11. The summed E-state index contributed by atoms with van der Waals surface area (Å²) in [6.45, 7) is 0.961. The van der Waals surface area contributed by atoms with Crippen molar-refractivity contribution < 1.29 is 23.8 Å². The van der Waals surface area contributed by atoms with Crippen molar-refractivity contribution in [1.82, 2.24) is 5.32 Å². The van der Waals surface area contributed by atoms with Crippen LogP contribution in [0, 0.1) is 11.6 Å². The van der Waals surface area contributed by atoms with Crippen molar-refractivity contribution in [3.63, 3.8) is 0 Å². The summed E-state index contributed by atoms with van der Waals surface area (Å²) in [5.41, 5.74) is 0.428. The minimum absolute atomic E-state index is 0.0474. The lowest BCUT2D eigenvalue weighted by Crippen LogP contribution is -2.27. The van der Waals surface area contributed by atoms with Gasteiger partial charge in [-0.2, -0.15) is 0 Å². The number of carbonyl (C=O) groups is 1. The molecule has 2 rings (SSSR count). The Balaban J connectivity index is 1.79. The van der Waals surface area contributed by atoms with Gasteiger partial charge in [0.05, 0.1) is 18.2 Å². The summed E-state index contributed by atoms with van der Waals surface area (Å²) >= 11 is 5.87. The first-order valence-corrected chi connectivity index (χ1v) is 8.33. The van der Waals surface area contributed by atoms with Gasteiger partial charge < -0.3 is 20.8 Å². The highest BCUT2D eigenvalue weighted by Crippen LogP contribution is 2.21. The van der Waals surface area contributed by atoms with Crippen LogP contribution in [-0.4, -0.2) is 35.8 Å². The van der Waals surface area contributed by atoms with Crippen LogP contribution in [-0.2, 0) is 11.2 Å². The molecule has 0 fully saturated rings. The van der Waals surface area contributed by atoms with E-state index >= 15 is 0 Å². The van der Waals surface area contributed by atoms with Crippen molar-refractivity contribution in [3.05, 3.63) is 64.2 Å². The van der Waals surface area contributed by atoms with Gasteiger partial charge in [-0.3, -0.25) is 4.79 Å². The van der Waals surface area contributed by atoms with E-state index in [0.29, 0.717) is 17.1 Å². The number of carboxylic acid groups (broad SMARTS) is 1. The minimum atomic E-state index is -1.23. The summed E-state index contributed by atoms with van der Waals surface area (Å²) in [5.74, 6) is -3.50. The molecule has 140 valence electrons. The van der Waals surface area contributed by atoms with Gasteiger partial charge in [0.2, 0.25) is 0 Å². The number of rotatable bonds is 9. The summed E-state index contributed by atoms with van der Waals surface area (Å²) in [6, 6.07) is 9.43. The first-order valence-electron chi connectivity index (χ1n) is 7.95. The highest BCUT2D eigenvalue weighted by Gasteiger charge is 2.15. The third-order valence-corrected chi connectivity index (χ3v) is 3.93. The number of anilines is 1. The van der Waals surface area contributed by atoms with Crippen LogP contribution in [0.25, 0.3) is 0 Å². The van der Waals surface area contributed by atoms with E-state index in [2.05, 4.69) is 10.6 Å². The highest BCUT2D eigenvalue weighted by atomic mass is 35.5. The maximum Gasteiger partial charge on any atom is 0.307 e. The average molecular weight is 385 g/mol. The van der Waals surface area contributed by atoms with Gasteiger partial charge in [0.25, 0.3) is 0 Å². The molecule has 0 amide bonds. The first-order chi connectivity index (χ1) is 12.4. The molecule has 26 heavy (non-hydrogen) atoms. The number of halogens is 3. The SMILES string of the molecule is O=C(O)Cc1ccc(NCCNC[C@H](O)c2cccc(Cl)c2)c(F)c1F. The van der Waals surface area contributed by atoms with Gasteiger partial charge in [0.15, 0.2) is 11.6 Å². The van der Waals surface area contributed by atoms with Crippen molar-refractivity contribution in [2.45, 2.75) is 12.5 Å². The van der Waals surface area contributed by atoms with Crippen LogP contribution in [0.4, 0.5) is 14.5 Å². The Morgan fingerprint density at radius 3 is 2.62 bits per heavy atom. The average Bonchev–Trinajstić information content (AvgIpc) is 2.60. The topological polar surface area (TPSA) is 81.6 Å². The summed E-state index contributed by atoms with van der Waals surface area (Å²) in [5, 5.41) is 25.0. The Hall–Kier alpha value is -2.22. The van der Waals surface area contributed by atoms with Crippen LogP contribution >= 0.6 is 11.6 Å². The molecule has 0 bridgehead atoms. The molecule has 0 aliphatic rings. The Labute approximate surface area is 154 Å². The van der Waals surface area contributed by atoms with Gasteiger partial charge in [0, 0.05) is 30.2 Å². The number of hydrogen-bond donors (Lipinski definition) is 4. The van der Waals surface area contributed by atoms with Crippen molar-refractivity contribution >= 4 is 23.3 Å². The maximum absolute atomic E-state index is 13.9. The van der Waals surface area contributed by atoms with E-state index in [9.17, 15) is 18.7 Å². The molecule has 0 aliphatic heterocycles. The summed E-state index contributed by atoms with van der Waals surface area (Å²) in [6.07, 6.45) is -1.32. The fraction of sp³-hybridized carbons (Fsp3) is 0.278. The number of aliphatic carboxylic acids is 1. The molecule has 0 aliphatic carbocycles. The molecule has 8 heteroatoms. The van der Waals surface area contributed by atoms with Gasteiger partial charge in [0.1, 0.15) is 0 Å². The van der Waals surface area contributed by atoms with Gasteiger partial charge in [-0.15, -0.1) is 0 Å². The molecular weight excluding hydrogens is 366 g/mol. The third-order valence-electron chi connectivity index (χ3n) is 3.69. The molecule has 0 aromatic heterocycles. The third kappa shape index (κ3) is 5.66. The normalized spacial score (nSPS) is 12.0. The monoisotopic (exact) mass is 384 g/mol. The number of benzene rings is 2.